The van der Waals surface area contributed by atoms with Gasteiger partial charge in [-0.05, 0) is 49.7 Å². The number of benzene rings is 1. The molecule has 0 unspecified atom stereocenters. The van der Waals surface area contributed by atoms with Gasteiger partial charge in [0.15, 0.2) is 5.78 Å². The maximum atomic E-state index is 12.4. The predicted molar refractivity (Wildman–Crippen MR) is 114 cm³/mol. The fourth-order valence-corrected chi connectivity index (χ4v) is 3.64. The minimum atomic E-state index is 0.118. The second-order valence-corrected chi connectivity index (χ2v) is 7.83. The molecule has 3 heteroatoms. The molecule has 0 saturated carbocycles. The van der Waals surface area contributed by atoms with Crippen molar-refractivity contribution >= 4 is 11.7 Å². The van der Waals surface area contributed by atoms with Crippen molar-refractivity contribution in [1.29, 1.82) is 0 Å². The van der Waals surface area contributed by atoms with E-state index in [-0.39, 0.29) is 5.78 Å². The second-order valence-electron chi connectivity index (χ2n) is 7.83. The number of hydrogen-bond donors (Lipinski definition) is 0. The summed E-state index contributed by atoms with van der Waals surface area (Å²) in [5, 5.41) is 0. The van der Waals surface area contributed by atoms with Crippen LogP contribution < -0.4 is 0 Å². The van der Waals surface area contributed by atoms with Crippen molar-refractivity contribution in [1.82, 2.24) is 4.90 Å². The van der Waals surface area contributed by atoms with Gasteiger partial charge in [0.2, 0.25) is 5.91 Å². The van der Waals surface area contributed by atoms with Gasteiger partial charge in [0.1, 0.15) is 0 Å². The third-order valence-electron chi connectivity index (χ3n) is 5.28. The average molecular weight is 374 g/mol. The fourth-order valence-electron chi connectivity index (χ4n) is 3.64. The molecule has 1 aromatic rings. The van der Waals surface area contributed by atoms with Gasteiger partial charge in [-0.1, -0.05) is 65.2 Å². The van der Waals surface area contributed by atoms with Gasteiger partial charge < -0.3 is 4.90 Å². The lowest BCUT2D eigenvalue weighted by Crippen LogP contribution is -2.37. The van der Waals surface area contributed by atoms with Crippen LogP contribution in [0.15, 0.2) is 24.3 Å². The number of amides is 1. The Kier molecular flexibility index (Phi) is 11.0. The lowest BCUT2D eigenvalue weighted by Gasteiger charge is -2.32. The molecule has 3 nitrogen and oxygen atoms in total. The fraction of sp³-hybridized carbons (Fsp3) is 0.667. The van der Waals surface area contributed by atoms with Crippen LogP contribution in [-0.4, -0.2) is 29.7 Å². The molecule has 1 amide bonds. The van der Waals surface area contributed by atoms with Gasteiger partial charge in [-0.3, -0.25) is 9.59 Å². The number of ketones is 1. The van der Waals surface area contributed by atoms with Gasteiger partial charge in [0.05, 0.1) is 0 Å². The summed E-state index contributed by atoms with van der Waals surface area (Å²) in [5.74, 6) is 1.66. The first-order valence-electron chi connectivity index (χ1n) is 10.9. The van der Waals surface area contributed by atoms with Crippen molar-refractivity contribution in [2.75, 3.05) is 13.1 Å². The molecule has 27 heavy (non-hydrogen) atoms. The molecule has 0 spiro atoms. The number of unbranched alkanes of at least 4 members (excludes halogenated alkanes) is 2. The van der Waals surface area contributed by atoms with Gasteiger partial charge in [0.25, 0.3) is 0 Å². The highest BCUT2D eigenvalue weighted by molar-refractivity contribution is 5.94. The minimum Gasteiger partial charge on any atom is -0.343 e. The lowest BCUT2D eigenvalue weighted by molar-refractivity contribution is -0.132. The first-order valence-corrected chi connectivity index (χ1v) is 10.9. The molecule has 2 rings (SSSR count). The molecule has 152 valence electrons. The summed E-state index contributed by atoms with van der Waals surface area (Å²) in [4.78, 5) is 26.0. The van der Waals surface area contributed by atoms with Crippen molar-refractivity contribution in [3.05, 3.63) is 35.4 Å². The maximum absolute atomic E-state index is 12.4. The molecule has 1 aromatic carbocycles. The van der Waals surface area contributed by atoms with Crippen molar-refractivity contribution in [3.63, 3.8) is 0 Å². The van der Waals surface area contributed by atoms with Crippen LogP contribution in [0, 0.1) is 5.92 Å². The Morgan fingerprint density at radius 2 is 1.74 bits per heavy atom. The van der Waals surface area contributed by atoms with Crippen molar-refractivity contribution in [2.24, 2.45) is 5.92 Å². The van der Waals surface area contributed by atoms with Crippen LogP contribution in [0.25, 0.3) is 0 Å². The van der Waals surface area contributed by atoms with Crippen LogP contribution in [-0.2, 0) is 4.79 Å². The van der Waals surface area contributed by atoms with E-state index in [9.17, 15) is 9.59 Å². The number of nitrogens with zero attached hydrogens (tertiary/aromatic N) is 1. The average Bonchev–Trinajstić information content (AvgIpc) is 2.69. The Hall–Kier alpha value is -1.64. The third-order valence-corrected chi connectivity index (χ3v) is 5.28. The SMILES string of the molecule is CC.CC(=O)c1cccc(C2CCN(C(=O)CCCCCC(C)C)CC2)c1. The van der Waals surface area contributed by atoms with Crippen LogP contribution in [0.1, 0.15) is 101 Å². The minimum absolute atomic E-state index is 0.118. The zero-order valence-corrected chi connectivity index (χ0v) is 18.1. The van der Waals surface area contributed by atoms with Crippen LogP contribution in [0.3, 0.4) is 0 Å². The lowest BCUT2D eigenvalue weighted by atomic mass is 9.88. The number of hydrogen-bond acceptors (Lipinski definition) is 2. The largest absolute Gasteiger partial charge is 0.343 e. The molecule has 1 saturated heterocycles. The number of Topliss-reactive ketones (excluding diaryl/α,β-unsaturated/α-hetero) is 1. The summed E-state index contributed by atoms with van der Waals surface area (Å²) in [6.07, 6.45) is 7.38. The molecule has 0 bridgehead atoms. The Morgan fingerprint density at radius 1 is 1.07 bits per heavy atom. The van der Waals surface area contributed by atoms with Gasteiger partial charge in [-0.2, -0.15) is 0 Å². The zero-order chi connectivity index (χ0) is 20.2. The van der Waals surface area contributed by atoms with Crippen molar-refractivity contribution < 1.29 is 9.59 Å². The zero-order valence-electron chi connectivity index (χ0n) is 18.1. The summed E-state index contributed by atoms with van der Waals surface area (Å²) >= 11 is 0. The molecule has 1 heterocycles. The highest BCUT2D eigenvalue weighted by atomic mass is 16.2. The number of likely N-dealkylation sites (tertiary alicyclic amines) is 1. The van der Waals surface area contributed by atoms with E-state index in [1.165, 1.54) is 18.4 Å². The Labute approximate surface area is 166 Å². The Bertz CT molecular complexity index is 571. The van der Waals surface area contributed by atoms with Gasteiger partial charge in [0, 0.05) is 25.1 Å². The van der Waals surface area contributed by atoms with Crippen molar-refractivity contribution in [2.45, 2.75) is 85.5 Å². The third kappa shape index (κ3) is 8.28. The molecule has 0 radical (unpaired) electrons. The summed E-state index contributed by atoms with van der Waals surface area (Å²) < 4.78 is 0. The van der Waals surface area contributed by atoms with E-state index >= 15 is 0 Å². The van der Waals surface area contributed by atoms with Gasteiger partial charge in [-0.25, -0.2) is 0 Å². The standard InChI is InChI=1S/C22H33NO2.C2H6/c1-17(2)8-5-4-6-11-22(25)23-14-12-19(13-15-23)21-10-7-9-20(16-21)18(3)24;1-2/h7,9-10,16-17,19H,4-6,8,11-15H2,1-3H3;1-2H3. The molecule has 0 aliphatic carbocycles. The van der Waals surface area contributed by atoms with Gasteiger partial charge in [-0.15, -0.1) is 0 Å². The van der Waals surface area contributed by atoms with E-state index in [0.717, 1.165) is 50.3 Å². The summed E-state index contributed by atoms with van der Waals surface area (Å²) in [5.41, 5.74) is 2.03. The number of carbonyl (C=O) groups excluding carboxylic acids is 2. The van der Waals surface area contributed by atoms with Crippen molar-refractivity contribution in [3.8, 4) is 0 Å². The van der Waals surface area contributed by atoms with E-state index in [0.29, 0.717) is 18.2 Å². The summed E-state index contributed by atoms with van der Waals surface area (Å²) in [6, 6.07) is 7.99. The van der Waals surface area contributed by atoms with E-state index < -0.39 is 0 Å². The Morgan fingerprint density at radius 3 is 2.33 bits per heavy atom. The number of rotatable bonds is 8. The smallest absolute Gasteiger partial charge is 0.222 e. The normalized spacial score (nSPS) is 14.7. The topological polar surface area (TPSA) is 37.4 Å². The van der Waals surface area contributed by atoms with E-state index in [4.69, 9.17) is 0 Å². The molecule has 1 aliphatic rings. The van der Waals surface area contributed by atoms with Crippen LogP contribution >= 0.6 is 0 Å². The van der Waals surface area contributed by atoms with Crippen LogP contribution in [0.4, 0.5) is 0 Å². The summed E-state index contributed by atoms with van der Waals surface area (Å²) in [7, 11) is 0. The second kappa shape index (κ2) is 12.7. The predicted octanol–water partition coefficient (Wildman–Crippen LogP) is 6.23. The van der Waals surface area contributed by atoms with E-state index in [1.54, 1.807) is 6.92 Å². The summed E-state index contributed by atoms with van der Waals surface area (Å²) in [6.45, 7) is 11.8. The molecular weight excluding hydrogens is 334 g/mol. The molecule has 0 atom stereocenters. The first-order chi connectivity index (χ1) is 13.0. The molecular formula is C24H39NO2. The maximum Gasteiger partial charge on any atom is 0.222 e. The van der Waals surface area contributed by atoms with E-state index in [1.807, 2.05) is 36.9 Å². The molecule has 0 N–H and O–H groups in total. The van der Waals surface area contributed by atoms with Crippen LogP contribution in [0.5, 0.6) is 0 Å². The first kappa shape index (κ1) is 23.4. The van der Waals surface area contributed by atoms with E-state index in [2.05, 4.69) is 19.9 Å². The quantitative estimate of drug-likeness (QED) is 0.400. The van der Waals surface area contributed by atoms with Crippen LogP contribution in [0.2, 0.25) is 0 Å². The highest BCUT2D eigenvalue weighted by Gasteiger charge is 2.23. The number of carbonyl (C=O) groups is 2. The van der Waals surface area contributed by atoms with Gasteiger partial charge >= 0.3 is 0 Å². The highest BCUT2D eigenvalue weighted by Crippen LogP contribution is 2.29. The molecule has 1 aliphatic heterocycles. The molecule has 0 aromatic heterocycles. The Balaban J connectivity index is 0.00000176. The molecule has 1 fully saturated rings. The number of piperidine rings is 1. The monoisotopic (exact) mass is 373 g/mol.